The number of aryl methyl sites for hydroxylation is 2. The van der Waals surface area contributed by atoms with Gasteiger partial charge >= 0.3 is 6.18 Å². The fraction of sp³-hybridized carbons (Fsp3) is 0.250. The largest absolute Gasteiger partial charge is 0.421 e. The Labute approximate surface area is 116 Å². The predicted molar refractivity (Wildman–Crippen MR) is 68.0 cm³/mol. The van der Waals surface area contributed by atoms with Crippen LogP contribution in [-0.4, -0.2) is 20.7 Å². The SMILES string of the molecule is Cc1cc(NC(=O)c2ccc(C(F)(F)F)c(=O)[nH]2)nn1C. The Morgan fingerprint density at radius 2 is 2.05 bits per heavy atom. The van der Waals surface area contributed by atoms with E-state index in [0.717, 1.165) is 11.8 Å². The summed E-state index contributed by atoms with van der Waals surface area (Å²) in [6.07, 6.45) is -4.76. The molecule has 0 radical (unpaired) electrons. The molecule has 0 aliphatic heterocycles. The van der Waals surface area contributed by atoms with E-state index in [1.54, 1.807) is 20.0 Å². The van der Waals surface area contributed by atoms with Gasteiger partial charge in [0.15, 0.2) is 5.82 Å². The van der Waals surface area contributed by atoms with Crippen molar-refractivity contribution in [2.45, 2.75) is 13.1 Å². The number of aromatic amines is 1. The quantitative estimate of drug-likeness (QED) is 0.885. The molecule has 112 valence electrons. The van der Waals surface area contributed by atoms with E-state index in [2.05, 4.69) is 10.4 Å². The van der Waals surface area contributed by atoms with Crippen LogP contribution in [0.2, 0.25) is 0 Å². The fourth-order valence-corrected chi connectivity index (χ4v) is 1.63. The van der Waals surface area contributed by atoms with Crippen LogP contribution in [0.5, 0.6) is 0 Å². The van der Waals surface area contributed by atoms with E-state index in [-0.39, 0.29) is 11.5 Å². The average molecular weight is 300 g/mol. The molecule has 0 saturated heterocycles. The summed E-state index contributed by atoms with van der Waals surface area (Å²) >= 11 is 0. The van der Waals surface area contributed by atoms with E-state index >= 15 is 0 Å². The lowest BCUT2D eigenvalue weighted by Gasteiger charge is -2.06. The molecule has 0 unspecified atom stereocenters. The molecule has 6 nitrogen and oxygen atoms in total. The van der Waals surface area contributed by atoms with E-state index in [1.807, 2.05) is 4.98 Å². The second-order valence-corrected chi connectivity index (χ2v) is 4.36. The van der Waals surface area contributed by atoms with E-state index in [1.165, 1.54) is 4.68 Å². The Morgan fingerprint density at radius 1 is 1.38 bits per heavy atom. The van der Waals surface area contributed by atoms with Gasteiger partial charge in [-0.1, -0.05) is 0 Å². The molecule has 0 saturated carbocycles. The van der Waals surface area contributed by atoms with Gasteiger partial charge < -0.3 is 10.3 Å². The normalized spacial score (nSPS) is 11.5. The number of pyridine rings is 1. The summed E-state index contributed by atoms with van der Waals surface area (Å²) in [6, 6.07) is 3.05. The molecule has 0 aliphatic rings. The van der Waals surface area contributed by atoms with Crippen LogP contribution in [0.25, 0.3) is 0 Å². The van der Waals surface area contributed by atoms with Gasteiger partial charge in [0, 0.05) is 18.8 Å². The van der Waals surface area contributed by atoms with Crippen molar-refractivity contribution in [2.24, 2.45) is 7.05 Å². The van der Waals surface area contributed by atoms with Gasteiger partial charge in [0.25, 0.3) is 11.5 Å². The lowest BCUT2D eigenvalue weighted by molar-refractivity contribution is -0.138. The fourth-order valence-electron chi connectivity index (χ4n) is 1.63. The maximum Gasteiger partial charge on any atom is 0.421 e. The highest BCUT2D eigenvalue weighted by Gasteiger charge is 2.34. The van der Waals surface area contributed by atoms with E-state index in [4.69, 9.17) is 0 Å². The van der Waals surface area contributed by atoms with Crippen molar-refractivity contribution >= 4 is 11.7 Å². The van der Waals surface area contributed by atoms with Crippen molar-refractivity contribution in [3.05, 3.63) is 45.5 Å². The van der Waals surface area contributed by atoms with Gasteiger partial charge in [-0.25, -0.2) is 0 Å². The number of H-pyrrole nitrogens is 1. The highest BCUT2D eigenvalue weighted by atomic mass is 19.4. The third kappa shape index (κ3) is 3.12. The molecule has 0 fully saturated rings. The summed E-state index contributed by atoms with van der Waals surface area (Å²) in [5.74, 6) is -0.514. The van der Waals surface area contributed by atoms with Crippen LogP contribution in [-0.2, 0) is 13.2 Å². The zero-order chi connectivity index (χ0) is 15.8. The van der Waals surface area contributed by atoms with Crippen LogP contribution in [0, 0.1) is 6.92 Å². The lowest BCUT2D eigenvalue weighted by Crippen LogP contribution is -2.25. The zero-order valence-corrected chi connectivity index (χ0v) is 11.1. The number of nitrogens with one attached hydrogen (secondary N) is 2. The van der Waals surface area contributed by atoms with Crippen LogP contribution in [0.15, 0.2) is 23.0 Å². The van der Waals surface area contributed by atoms with E-state index in [0.29, 0.717) is 6.07 Å². The van der Waals surface area contributed by atoms with E-state index in [9.17, 15) is 22.8 Å². The second-order valence-electron chi connectivity index (χ2n) is 4.36. The van der Waals surface area contributed by atoms with Crippen LogP contribution in [0.1, 0.15) is 21.7 Å². The number of halogens is 3. The Bertz CT molecular complexity index is 726. The predicted octanol–water partition coefficient (Wildman–Crippen LogP) is 1.69. The average Bonchev–Trinajstić information content (AvgIpc) is 2.66. The Hall–Kier alpha value is -2.58. The van der Waals surface area contributed by atoms with Gasteiger partial charge in [-0.15, -0.1) is 0 Å². The molecule has 2 N–H and O–H groups in total. The Kier molecular flexibility index (Phi) is 3.58. The Balaban J connectivity index is 2.24. The van der Waals surface area contributed by atoms with Crippen LogP contribution >= 0.6 is 0 Å². The van der Waals surface area contributed by atoms with Crippen LogP contribution < -0.4 is 10.9 Å². The molecular formula is C12H11F3N4O2. The van der Waals surface area contributed by atoms with Gasteiger partial charge in [0.1, 0.15) is 11.3 Å². The van der Waals surface area contributed by atoms with Crippen molar-refractivity contribution < 1.29 is 18.0 Å². The number of amides is 1. The summed E-state index contributed by atoms with van der Waals surface area (Å²) in [7, 11) is 1.67. The first-order valence-corrected chi connectivity index (χ1v) is 5.81. The molecular weight excluding hydrogens is 289 g/mol. The maximum atomic E-state index is 12.4. The van der Waals surface area contributed by atoms with Crippen LogP contribution in [0.3, 0.4) is 0 Å². The van der Waals surface area contributed by atoms with Crippen molar-refractivity contribution in [1.82, 2.24) is 14.8 Å². The number of nitrogens with zero attached hydrogens (tertiary/aromatic N) is 2. The molecule has 0 aromatic carbocycles. The highest BCUT2D eigenvalue weighted by molar-refractivity contribution is 6.02. The molecule has 0 bridgehead atoms. The van der Waals surface area contributed by atoms with E-state index < -0.39 is 23.2 Å². The number of hydrogen-bond acceptors (Lipinski definition) is 3. The summed E-state index contributed by atoms with van der Waals surface area (Å²) in [6.45, 7) is 1.77. The summed E-state index contributed by atoms with van der Waals surface area (Å²) in [4.78, 5) is 25.1. The second kappa shape index (κ2) is 5.08. The van der Waals surface area contributed by atoms with Crippen molar-refractivity contribution in [1.29, 1.82) is 0 Å². The van der Waals surface area contributed by atoms with Gasteiger partial charge in [0.2, 0.25) is 0 Å². The number of anilines is 1. The summed E-state index contributed by atoms with van der Waals surface area (Å²) < 4.78 is 38.8. The lowest BCUT2D eigenvalue weighted by atomic mass is 10.2. The minimum atomic E-state index is -4.76. The Morgan fingerprint density at radius 3 is 2.52 bits per heavy atom. The number of aromatic nitrogens is 3. The minimum absolute atomic E-state index is 0.237. The topological polar surface area (TPSA) is 79.8 Å². The van der Waals surface area contributed by atoms with Crippen LogP contribution in [0.4, 0.5) is 19.0 Å². The van der Waals surface area contributed by atoms with Crippen molar-refractivity contribution in [2.75, 3.05) is 5.32 Å². The molecule has 2 aromatic heterocycles. The molecule has 21 heavy (non-hydrogen) atoms. The smallest absolute Gasteiger partial charge is 0.317 e. The number of alkyl halides is 3. The zero-order valence-electron chi connectivity index (χ0n) is 11.1. The van der Waals surface area contributed by atoms with Gasteiger partial charge in [0.05, 0.1) is 0 Å². The minimum Gasteiger partial charge on any atom is -0.317 e. The molecule has 0 aliphatic carbocycles. The van der Waals surface area contributed by atoms with Crippen molar-refractivity contribution in [3.8, 4) is 0 Å². The first kappa shape index (κ1) is 14.8. The number of carbonyl (C=O) groups excluding carboxylic acids is 1. The van der Waals surface area contributed by atoms with Gasteiger partial charge in [-0.3, -0.25) is 14.3 Å². The van der Waals surface area contributed by atoms with Gasteiger partial charge in [-0.2, -0.15) is 18.3 Å². The molecule has 9 heteroatoms. The molecule has 2 rings (SSSR count). The number of hydrogen-bond donors (Lipinski definition) is 2. The molecule has 0 atom stereocenters. The standard InChI is InChI=1S/C12H11F3N4O2/c1-6-5-9(18-19(6)2)17-11(21)8-4-3-7(10(20)16-8)12(13,14)15/h3-5H,1-2H3,(H,16,20)(H,17,18,21). The molecule has 2 heterocycles. The first-order valence-electron chi connectivity index (χ1n) is 5.81. The van der Waals surface area contributed by atoms with Crippen molar-refractivity contribution in [3.63, 3.8) is 0 Å². The molecule has 1 amide bonds. The molecule has 0 spiro atoms. The van der Waals surface area contributed by atoms with Gasteiger partial charge in [-0.05, 0) is 19.1 Å². The third-order valence-electron chi connectivity index (χ3n) is 2.81. The first-order chi connectivity index (χ1) is 9.68. The highest BCUT2D eigenvalue weighted by Crippen LogP contribution is 2.26. The molecule has 2 aromatic rings. The number of rotatable bonds is 2. The summed E-state index contributed by atoms with van der Waals surface area (Å²) in [5.41, 5.74) is -2.22. The maximum absolute atomic E-state index is 12.4. The monoisotopic (exact) mass is 300 g/mol. The third-order valence-corrected chi connectivity index (χ3v) is 2.81. The number of carbonyl (C=O) groups is 1. The summed E-state index contributed by atoms with van der Waals surface area (Å²) in [5, 5.41) is 6.35.